The van der Waals surface area contributed by atoms with E-state index in [0.717, 1.165) is 0 Å². The fraction of sp³-hybridized carbons (Fsp3) is 1.00. The molecule has 0 amide bonds. The van der Waals surface area contributed by atoms with Gasteiger partial charge in [0.05, 0.1) is 6.61 Å². The lowest BCUT2D eigenvalue weighted by Gasteiger charge is -2.41. The summed E-state index contributed by atoms with van der Waals surface area (Å²) in [6.07, 6.45) is -7.94. The summed E-state index contributed by atoms with van der Waals surface area (Å²) in [5.41, 5.74) is 0. The van der Waals surface area contributed by atoms with E-state index in [-0.39, 0.29) is 0 Å². The van der Waals surface area contributed by atoms with Gasteiger partial charge in [0.25, 0.3) is 0 Å². The van der Waals surface area contributed by atoms with Crippen LogP contribution in [0, 0.1) is 0 Å². The van der Waals surface area contributed by atoms with Crippen LogP contribution in [0.5, 0.6) is 0 Å². The molecule has 4 N–H and O–H groups in total. The minimum atomic E-state index is -4.40. The van der Waals surface area contributed by atoms with E-state index in [1.54, 1.807) is 0 Å². The van der Waals surface area contributed by atoms with Crippen molar-refractivity contribution in [3.05, 3.63) is 0 Å². The first-order valence-corrected chi connectivity index (χ1v) is 6.82. The number of hydrogen-bond donors (Lipinski definition) is 4. The van der Waals surface area contributed by atoms with Crippen LogP contribution in [0.2, 0.25) is 0 Å². The Morgan fingerprint density at radius 3 is 2.19 bits per heavy atom. The van der Waals surface area contributed by atoms with E-state index in [2.05, 4.69) is 21.1 Å². The maximum Gasteiger partial charge on any atom is 0.184 e. The molecule has 1 fully saturated rings. The second kappa shape index (κ2) is 5.32. The molecule has 1 heterocycles. The average molecular weight is 274 g/mol. The first-order chi connectivity index (χ1) is 7.22. The first kappa shape index (κ1) is 14.4. The molecule has 0 saturated carbocycles. The summed E-state index contributed by atoms with van der Waals surface area (Å²) in [6.45, 7) is -5.04. The molecule has 1 saturated heterocycles. The number of rotatable bonds is 3. The summed E-state index contributed by atoms with van der Waals surface area (Å²) >= 11 is 3.94. The highest BCUT2D eigenvalue weighted by atomic mass is 32.5. The molecule has 0 unspecified atom stereocenters. The Kier molecular flexibility index (Phi) is 4.78. The van der Waals surface area contributed by atoms with Crippen molar-refractivity contribution in [1.29, 1.82) is 0 Å². The van der Waals surface area contributed by atoms with Crippen LogP contribution in [0.4, 0.5) is 0 Å². The Balaban J connectivity index is 2.57. The molecule has 0 aliphatic carbocycles. The molecule has 0 aromatic rings. The van der Waals surface area contributed by atoms with Crippen LogP contribution >= 0.6 is 6.72 Å². The first-order valence-electron chi connectivity index (χ1n) is 4.26. The van der Waals surface area contributed by atoms with Crippen molar-refractivity contribution in [2.24, 2.45) is 0 Å². The van der Waals surface area contributed by atoms with Gasteiger partial charge in [0.2, 0.25) is 0 Å². The van der Waals surface area contributed by atoms with Crippen molar-refractivity contribution in [1.82, 2.24) is 0 Å². The van der Waals surface area contributed by atoms with Crippen molar-refractivity contribution < 1.29 is 39.5 Å². The molecule has 1 aliphatic rings. The van der Waals surface area contributed by atoms with Gasteiger partial charge in [-0.05, 0) is 0 Å². The van der Waals surface area contributed by atoms with Crippen LogP contribution < -0.4 is 9.79 Å². The van der Waals surface area contributed by atoms with Gasteiger partial charge in [0.15, 0.2) is 6.29 Å². The van der Waals surface area contributed by atoms with Gasteiger partial charge in [-0.3, -0.25) is 0 Å². The maximum atomic E-state index is 10.5. The normalized spacial score (nSPS) is 41.0. The lowest BCUT2D eigenvalue weighted by Crippen LogP contribution is -2.58. The highest BCUT2D eigenvalue weighted by molar-refractivity contribution is 8.05. The minimum absolute atomic E-state index is 0.647. The van der Waals surface area contributed by atoms with Gasteiger partial charge in [-0.25, -0.2) is 0 Å². The smallest absolute Gasteiger partial charge is 0.184 e. The van der Waals surface area contributed by atoms with Crippen LogP contribution in [0.3, 0.4) is 0 Å². The predicted molar refractivity (Wildman–Crippen MR) is 49.1 cm³/mol. The molecule has 0 radical (unpaired) electrons. The average Bonchev–Trinajstić information content (AvgIpc) is 2.17. The van der Waals surface area contributed by atoms with Crippen LogP contribution in [0.25, 0.3) is 0 Å². The topological polar surface area (TPSA) is 146 Å². The monoisotopic (exact) mass is 274 g/mol. The van der Waals surface area contributed by atoms with Crippen molar-refractivity contribution in [2.45, 2.75) is 30.7 Å². The Hall–Kier alpha value is 0.330. The highest BCUT2D eigenvalue weighted by Gasteiger charge is 2.42. The summed E-state index contributed by atoms with van der Waals surface area (Å²) in [5, 5.41) is 36.8. The van der Waals surface area contributed by atoms with E-state index in [1.165, 1.54) is 0 Å². The maximum absolute atomic E-state index is 10.5. The van der Waals surface area contributed by atoms with Gasteiger partial charge in [-0.1, -0.05) is 6.72 Å². The Labute approximate surface area is 95.9 Å². The SMILES string of the molecule is [O-]P([O-])(=S)OC[C@H]1O[C@@H](O)[C@H](O)[C@@H](O)[C@@H]1O. The van der Waals surface area contributed by atoms with E-state index < -0.39 is 44.0 Å². The minimum Gasteiger partial charge on any atom is -0.812 e. The summed E-state index contributed by atoms with van der Waals surface area (Å²) in [7, 11) is 0. The van der Waals surface area contributed by atoms with E-state index in [1.807, 2.05) is 0 Å². The predicted octanol–water partition coefficient (Wildman–Crippen LogP) is -4.25. The van der Waals surface area contributed by atoms with Gasteiger partial charge in [0.1, 0.15) is 24.4 Å². The molecule has 16 heavy (non-hydrogen) atoms. The van der Waals surface area contributed by atoms with E-state index in [4.69, 9.17) is 10.2 Å². The fourth-order valence-corrected chi connectivity index (χ4v) is 1.75. The van der Waals surface area contributed by atoms with Gasteiger partial charge in [-0.2, -0.15) is 0 Å². The Bertz CT molecular complexity index is 282. The van der Waals surface area contributed by atoms with Gasteiger partial charge < -0.3 is 39.5 Å². The quantitative estimate of drug-likeness (QED) is 0.376. The van der Waals surface area contributed by atoms with Crippen molar-refractivity contribution in [3.63, 3.8) is 0 Å². The van der Waals surface area contributed by atoms with Crippen molar-refractivity contribution in [2.75, 3.05) is 6.61 Å². The molecule has 5 atom stereocenters. The van der Waals surface area contributed by atoms with Crippen molar-refractivity contribution >= 4 is 18.5 Å². The second-order valence-corrected chi connectivity index (χ2v) is 5.77. The summed E-state index contributed by atoms with van der Waals surface area (Å²) in [4.78, 5) is 21.0. The molecule has 0 spiro atoms. The number of aliphatic hydroxyl groups is 4. The number of aliphatic hydroxyl groups excluding tert-OH is 4. The molecule has 10 heteroatoms. The zero-order valence-electron chi connectivity index (χ0n) is 7.87. The van der Waals surface area contributed by atoms with Crippen LogP contribution in [0.1, 0.15) is 0 Å². The third-order valence-corrected chi connectivity index (χ3v) is 2.87. The third kappa shape index (κ3) is 3.67. The standard InChI is InChI=1S/C6H13O8PS/c7-3-2(1-13-15(11,12)16)14-6(10)5(9)4(3)8/h2-10H,1H2,(H2,11,12,16)/p-2/t2-,3-,4+,5-,6-/m1/s1. The third-order valence-electron chi connectivity index (χ3n) is 2.08. The second-order valence-electron chi connectivity index (χ2n) is 3.28. The summed E-state index contributed by atoms with van der Waals surface area (Å²) in [6, 6.07) is 0. The highest BCUT2D eigenvalue weighted by Crippen LogP contribution is 2.28. The zero-order chi connectivity index (χ0) is 12.5. The van der Waals surface area contributed by atoms with Crippen molar-refractivity contribution in [3.8, 4) is 0 Å². The van der Waals surface area contributed by atoms with Gasteiger partial charge >= 0.3 is 0 Å². The van der Waals surface area contributed by atoms with Crippen LogP contribution in [0.15, 0.2) is 0 Å². The molecular weight excluding hydrogens is 263 g/mol. The zero-order valence-corrected chi connectivity index (χ0v) is 9.58. The van der Waals surface area contributed by atoms with Gasteiger partial charge in [0, 0.05) is 0 Å². The fourth-order valence-electron chi connectivity index (χ4n) is 1.23. The van der Waals surface area contributed by atoms with Gasteiger partial charge in [-0.15, -0.1) is 11.8 Å². The summed E-state index contributed by atoms with van der Waals surface area (Å²) in [5.74, 6) is 0. The lowest BCUT2D eigenvalue weighted by atomic mass is 10.00. The van der Waals surface area contributed by atoms with E-state index in [0.29, 0.717) is 0 Å². The van der Waals surface area contributed by atoms with E-state index in [9.17, 15) is 20.0 Å². The lowest BCUT2D eigenvalue weighted by molar-refractivity contribution is -0.328. The molecule has 1 rings (SSSR count). The number of ether oxygens (including phenoxy) is 1. The molecular formula is C6H11O8PS-2. The summed E-state index contributed by atoms with van der Waals surface area (Å²) < 4.78 is 8.84. The van der Waals surface area contributed by atoms with Crippen LogP contribution in [-0.4, -0.2) is 57.7 Å². The molecule has 96 valence electrons. The Morgan fingerprint density at radius 2 is 1.69 bits per heavy atom. The molecule has 8 nitrogen and oxygen atoms in total. The molecule has 1 aliphatic heterocycles. The largest absolute Gasteiger partial charge is 0.812 e. The molecule has 0 aromatic carbocycles. The number of hydrogen-bond acceptors (Lipinski definition) is 9. The molecule has 0 aromatic heterocycles. The molecule has 0 bridgehead atoms. The van der Waals surface area contributed by atoms with E-state index >= 15 is 0 Å². The Morgan fingerprint density at radius 1 is 1.12 bits per heavy atom. The van der Waals surface area contributed by atoms with Crippen LogP contribution in [-0.2, 0) is 21.1 Å².